The van der Waals surface area contributed by atoms with Gasteiger partial charge < -0.3 is 14.9 Å². The molecule has 1 aromatic carbocycles. The molecule has 0 radical (unpaired) electrons. The second-order valence-corrected chi connectivity index (χ2v) is 3.38. The summed E-state index contributed by atoms with van der Waals surface area (Å²) in [6.45, 7) is -0.102. The van der Waals surface area contributed by atoms with Gasteiger partial charge in [0.1, 0.15) is 24.1 Å². The highest BCUT2D eigenvalue weighted by Gasteiger charge is 2.34. The molecule has 4 nitrogen and oxygen atoms in total. The van der Waals surface area contributed by atoms with Crippen molar-refractivity contribution in [2.75, 3.05) is 6.61 Å². The van der Waals surface area contributed by atoms with Crippen LogP contribution in [0.1, 0.15) is 11.7 Å². The van der Waals surface area contributed by atoms with Crippen molar-refractivity contribution in [3.05, 3.63) is 29.6 Å². The van der Waals surface area contributed by atoms with Gasteiger partial charge in [0, 0.05) is 5.56 Å². The van der Waals surface area contributed by atoms with Crippen LogP contribution >= 0.6 is 0 Å². The van der Waals surface area contributed by atoms with Crippen LogP contribution < -0.4 is 4.74 Å². The molecule has 2 atom stereocenters. The Morgan fingerprint density at radius 2 is 2.27 bits per heavy atom. The number of carboxylic acids is 1. The molecule has 1 aliphatic heterocycles. The SMILES string of the molecule is O=C(O)C1COc2ccc(F)cc2C1O. The molecule has 0 spiro atoms. The lowest BCUT2D eigenvalue weighted by atomic mass is 9.93. The van der Waals surface area contributed by atoms with Crippen LogP contribution in [0.5, 0.6) is 5.75 Å². The van der Waals surface area contributed by atoms with Gasteiger partial charge in [0.05, 0.1) is 6.10 Å². The average molecular weight is 212 g/mol. The number of carboxylic acid groups (broad SMARTS) is 1. The van der Waals surface area contributed by atoms with Crippen molar-refractivity contribution in [3.63, 3.8) is 0 Å². The Labute approximate surface area is 84.9 Å². The Morgan fingerprint density at radius 3 is 2.93 bits per heavy atom. The van der Waals surface area contributed by atoms with E-state index in [9.17, 15) is 14.3 Å². The van der Waals surface area contributed by atoms with Gasteiger partial charge in [-0.15, -0.1) is 0 Å². The molecule has 5 heteroatoms. The van der Waals surface area contributed by atoms with Crippen molar-refractivity contribution in [3.8, 4) is 5.75 Å². The first-order chi connectivity index (χ1) is 7.09. The van der Waals surface area contributed by atoms with Crippen LogP contribution in [0.4, 0.5) is 4.39 Å². The minimum Gasteiger partial charge on any atom is -0.492 e. The summed E-state index contributed by atoms with van der Waals surface area (Å²) in [6, 6.07) is 3.67. The molecule has 0 fully saturated rings. The first-order valence-electron chi connectivity index (χ1n) is 4.42. The number of aliphatic carboxylic acids is 1. The Hall–Kier alpha value is -1.62. The van der Waals surface area contributed by atoms with E-state index in [4.69, 9.17) is 9.84 Å². The highest BCUT2D eigenvalue weighted by Crippen LogP contribution is 2.35. The van der Waals surface area contributed by atoms with Gasteiger partial charge in [0.25, 0.3) is 0 Å². The van der Waals surface area contributed by atoms with Gasteiger partial charge in [-0.3, -0.25) is 4.79 Å². The molecule has 0 aromatic heterocycles. The summed E-state index contributed by atoms with van der Waals surface area (Å²) in [4.78, 5) is 10.7. The van der Waals surface area contributed by atoms with Crippen molar-refractivity contribution >= 4 is 5.97 Å². The number of aliphatic hydroxyl groups is 1. The van der Waals surface area contributed by atoms with E-state index < -0.39 is 23.8 Å². The number of hydrogen-bond donors (Lipinski definition) is 2. The van der Waals surface area contributed by atoms with Gasteiger partial charge in [-0.25, -0.2) is 4.39 Å². The fraction of sp³-hybridized carbons (Fsp3) is 0.300. The van der Waals surface area contributed by atoms with E-state index in [-0.39, 0.29) is 12.2 Å². The Bertz CT molecular complexity index is 404. The fourth-order valence-corrected chi connectivity index (χ4v) is 1.58. The van der Waals surface area contributed by atoms with Gasteiger partial charge in [-0.1, -0.05) is 0 Å². The van der Waals surface area contributed by atoms with Gasteiger partial charge in [-0.2, -0.15) is 0 Å². The monoisotopic (exact) mass is 212 g/mol. The number of aliphatic hydroxyl groups excluding tert-OH is 1. The van der Waals surface area contributed by atoms with Crippen molar-refractivity contribution in [1.29, 1.82) is 0 Å². The third-order valence-corrected chi connectivity index (χ3v) is 2.41. The van der Waals surface area contributed by atoms with Crippen molar-refractivity contribution < 1.29 is 24.1 Å². The molecule has 0 saturated carbocycles. The van der Waals surface area contributed by atoms with Gasteiger partial charge in [0.15, 0.2) is 0 Å². The average Bonchev–Trinajstić information content (AvgIpc) is 2.19. The first kappa shape index (κ1) is 9.92. The third kappa shape index (κ3) is 1.66. The lowest BCUT2D eigenvalue weighted by Gasteiger charge is -2.27. The van der Waals surface area contributed by atoms with Crippen LogP contribution in [-0.2, 0) is 4.79 Å². The summed E-state index contributed by atoms with van der Waals surface area (Å²) < 4.78 is 18.0. The van der Waals surface area contributed by atoms with Crippen LogP contribution in [-0.4, -0.2) is 22.8 Å². The topological polar surface area (TPSA) is 66.8 Å². The quantitative estimate of drug-likeness (QED) is 0.727. The van der Waals surface area contributed by atoms with E-state index in [0.717, 1.165) is 6.07 Å². The highest BCUT2D eigenvalue weighted by molar-refractivity contribution is 5.72. The Morgan fingerprint density at radius 1 is 1.53 bits per heavy atom. The molecule has 15 heavy (non-hydrogen) atoms. The predicted molar refractivity (Wildman–Crippen MR) is 48.0 cm³/mol. The second-order valence-electron chi connectivity index (χ2n) is 3.38. The van der Waals surface area contributed by atoms with Gasteiger partial charge in [-0.05, 0) is 18.2 Å². The largest absolute Gasteiger partial charge is 0.492 e. The molecule has 1 aliphatic rings. The van der Waals surface area contributed by atoms with E-state index >= 15 is 0 Å². The Kier molecular flexibility index (Phi) is 2.32. The van der Waals surface area contributed by atoms with E-state index in [1.54, 1.807) is 0 Å². The molecule has 1 aromatic rings. The zero-order valence-electron chi connectivity index (χ0n) is 7.68. The number of ether oxygens (including phenoxy) is 1. The van der Waals surface area contributed by atoms with Crippen LogP contribution in [0.3, 0.4) is 0 Å². The van der Waals surface area contributed by atoms with Crippen LogP contribution in [0.15, 0.2) is 18.2 Å². The summed E-state index contributed by atoms with van der Waals surface area (Å²) in [6.07, 6.45) is -1.22. The second kappa shape index (κ2) is 3.51. The smallest absolute Gasteiger partial charge is 0.313 e. The van der Waals surface area contributed by atoms with E-state index in [2.05, 4.69) is 0 Å². The minimum absolute atomic E-state index is 0.102. The lowest BCUT2D eigenvalue weighted by Crippen LogP contribution is -2.32. The van der Waals surface area contributed by atoms with Crippen LogP contribution in [0, 0.1) is 11.7 Å². The molecule has 2 rings (SSSR count). The maximum absolute atomic E-state index is 12.9. The van der Waals surface area contributed by atoms with Crippen molar-refractivity contribution in [2.24, 2.45) is 5.92 Å². The zero-order chi connectivity index (χ0) is 11.0. The molecule has 0 amide bonds. The van der Waals surface area contributed by atoms with Gasteiger partial charge in [0.2, 0.25) is 0 Å². The molecular formula is C10H9FO4. The van der Waals surface area contributed by atoms with Crippen LogP contribution in [0.2, 0.25) is 0 Å². The van der Waals surface area contributed by atoms with Crippen molar-refractivity contribution in [2.45, 2.75) is 6.10 Å². The molecule has 0 saturated heterocycles. The number of benzene rings is 1. The maximum atomic E-state index is 12.9. The number of halogens is 1. The lowest BCUT2D eigenvalue weighted by molar-refractivity contribution is -0.148. The summed E-state index contributed by atoms with van der Waals surface area (Å²) in [5.74, 6) is -2.39. The fourth-order valence-electron chi connectivity index (χ4n) is 1.58. The summed E-state index contributed by atoms with van der Waals surface area (Å²) in [5.41, 5.74) is 0.189. The van der Waals surface area contributed by atoms with E-state index in [1.807, 2.05) is 0 Å². The molecular weight excluding hydrogens is 203 g/mol. The van der Waals surface area contributed by atoms with E-state index in [0.29, 0.717) is 5.75 Å². The molecule has 1 heterocycles. The Balaban J connectivity index is 2.40. The molecule has 2 unspecified atom stereocenters. The first-order valence-corrected chi connectivity index (χ1v) is 4.42. The molecule has 0 bridgehead atoms. The standard InChI is InChI=1S/C10H9FO4/c11-5-1-2-8-6(3-5)9(12)7(4-15-8)10(13)14/h1-3,7,9,12H,4H2,(H,13,14). The molecule has 80 valence electrons. The summed E-state index contributed by atoms with van der Waals surface area (Å²) in [7, 11) is 0. The van der Waals surface area contributed by atoms with E-state index in [1.165, 1.54) is 12.1 Å². The third-order valence-electron chi connectivity index (χ3n) is 2.41. The molecule has 2 N–H and O–H groups in total. The summed E-state index contributed by atoms with van der Waals surface area (Å²) >= 11 is 0. The number of carbonyl (C=O) groups is 1. The van der Waals surface area contributed by atoms with Crippen LogP contribution in [0.25, 0.3) is 0 Å². The number of hydrogen-bond acceptors (Lipinski definition) is 3. The number of fused-ring (bicyclic) bond motifs is 1. The normalized spacial score (nSPS) is 24.1. The highest BCUT2D eigenvalue weighted by atomic mass is 19.1. The number of rotatable bonds is 1. The minimum atomic E-state index is -1.22. The summed E-state index contributed by atoms with van der Waals surface area (Å²) in [5, 5.41) is 18.5. The zero-order valence-corrected chi connectivity index (χ0v) is 7.68. The maximum Gasteiger partial charge on any atom is 0.313 e. The van der Waals surface area contributed by atoms with Crippen molar-refractivity contribution in [1.82, 2.24) is 0 Å². The predicted octanol–water partition coefficient (Wildman–Crippen LogP) is 0.952. The van der Waals surface area contributed by atoms with Gasteiger partial charge >= 0.3 is 5.97 Å². The molecule has 0 aliphatic carbocycles.